The van der Waals surface area contributed by atoms with E-state index in [1.165, 1.54) is 6.07 Å². The van der Waals surface area contributed by atoms with Gasteiger partial charge < -0.3 is 15.0 Å². The van der Waals surface area contributed by atoms with E-state index in [0.29, 0.717) is 28.8 Å². The number of carbonyl (C=O) groups excluding carboxylic acids is 1. The van der Waals surface area contributed by atoms with Crippen LogP contribution < -0.4 is 5.32 Å². The summed E-state index contributed by atoms with van der Waals surface area (Å²) in [5.74, 6) is -0.153. The standard InChI is InChI=1S/C23H27F2N3O2/c1-11(21(30)27-23-7-22(8-23,9-23)12(2)29)20-14-3-13(4-15(14)20)28-10-26-18-5-16(24)17(25)6-19(18)28/h5-6,10-15,20,29H,3-4,7-9H2,1-2H3,(H,27,30)/t11?,12?,13-,14-,15+,20+,22?,23?. The highest BCUT2D eigenvalue weighted by molar-refractivity contribution is 5.80. The second kappa shape index (κ2) is 5.81. The highest BCUT2D eigenvalue weighted by atomic mass is 19.2. The number of amides is 1. The maximum absolute atomic E-state index is 13.7. The lowest BCUT2D eigenvalue weighted by atomic mass is 9.37. The second-order valence-electron chi connectivity index (χ2n) is 10.6. The Bertz CT molecular complexity index is 1030. The smallest absolute Gasteiger partial charge is 0.223 e. The van der Waals surface area contributed by atoms with E-state index in [1.54, 1.807) is 6.33 Å². The number of nitrogens with zero attached hydrogens (tertiary/aromatic N) is 2. The summed E-state index contributed by atoms with van der Waals surface area (Å²) in [4.78, 5) is 17.1. The Morgan fingerprint density at radius 3 is 2.47 bits per heavy atom. The van der Waals surface area contributed by atoms with Gasteiger partial charge in [0, 0.05) is 35.0 Å². The Morgan fingerprint density at radius 2 is 1.83 bits per heavy atom. The molecule has 1 heterocycles. The van der Waals surface area contributed by atoms with Crippen molar-refractivity contribution >= 4 is 16.9 Å². The van der Waals surface area contributed by atoms with Crippen molar-refractivity contribution in [2.24, 2.45) is 29.1 Å². The lowest BCUT2D eigenvalue weighted by molar-refractivity contribution is -0.211. The van der Waals surface area contributed by atoms with E-state index in [1.807, 2.05) is 18.4 Å². The van der Waals surface area contributed by atoms with E-state index in [2.05, 4.69) is 10.3 Å². The van der Waals surface area contributed by atoms with Gasteiger partial charge >= 0.3 is 0 Å². The van der Waals surface area contributed by atoms with Crippen LogP contribution in [0.4, 0.5) is 8.78 Å². The van der Waals surface area contributed by atoms with Crippen LogP contribution in [0, 0.1) is 40.7 Å². The van der Waals surface area contributed by atoms with Crippen molar-refractivity contribution in [1.82, 2.24) is 14.9 Å². The molecule has 7 rings (SSSR count). The Hall–Kier alpha value is -2.02. The van der Waals surface area contributed by atoms with Crippen LogP contribution in [0.25, 0.3) is 11.0 Å². The average Bonchev–Trinajstić information content (AvgIpc) is 2.96. The van der Waals surface area contributed by atoms with Crippen LogP contribution in [-0.2, 0) is 4.79 Å². The molecule has 0 radical (unpaired) electrons. The van der Waals surface area contributed by atoms with Crippen LogP contribution in [0.5, 0.6) is 0 Å². The molecular formula is C23H27F2N3O2. The fourth-order valence-electron chi connectivity index (χ4n) is 7.14. The summed E-state index contributed by atoms with van der Waals surface area (Å²) in [6.45, 7) is 3.89. The van der Waals surface area contributed by atoms with Gasteiger partial charge in [-0.05, 0) is 56.8 Å². The second-order valence-corrected chi connectivity index (χ2v) is 10.6. The summed E-state index contributed by atoms with van der Waals surface area (Å²) in [5.41, 5.74) is 1.10. The molecule has 30 heavy (non-hydrogen) atoms. The van der Waals surface area contributed by atoms with Crippen molar-refractivity contribution in [3.05, 3.63) is 30.1 Å². The van der Waals surface area contributed by atoms with Gasteiger partial charge in [-0.2, -0.15) is 0 Å². The molecule has 5 aliphatic rings. The minimum atomic E-state index is -0.870. The first-order valence-corrected chi connectivity index (χ1v) is 11.0. The molecule has 5 saturated carbocycles. The quantitative estimate of drug-likeness (QED) is 0.785. The Labute approximate surface area is 173 Å². The molecule has 5 nitrogen and oxygen atoms in total. The number of aliphatic hydroxyl groups excluding tert-OH is 1. The predicted molar refractivity (Wildman–Crippen MR) is 106 cm³/mol. The third-order valence-electron chi connectivity index (χ3n) is 8.83. The normalized spacial score (nSPS) is 40.3. The zero-order valence-electron chi connectivity index (χ0n) is 17.2. The largest absolute Gasteiger partial charge is 0.393 e. The molecule has 0 aliphatic heterocycles. The fraction of sp³-hybridized carbons (Fsp3) is 0.652. The molecular weight excluding hydrogens is 388 g/mol. The van der Waals surface area contributed by atoms with Gasteiger partial charge in [0.25, 0.3) is 0 Å². The van der Waals surface area contributed by atoms with E-state index in [0.717, 1.165) is 38.2 Å². The van der Waals surface area contributed by atoms with Crippen LogP contribution in [0.1, 0.15) is 52.0 Å². The first kappa shape index (κ1) is 18.7. The number of hydrogen-bond acceptors (Lipinski definition) is 3. The Balaban J connectivity index is 1.08. The van der Waals surface area contributed by atoms with Crippen LogP contribution in [0.15, 0.2) is 18.5 Å². The lowest BCUT2D eigenvalue weighted by Gasteiger charge is -2.72. The molecule has 7 heteroatoms. The average molecular weight is 415 g/mol. The van der Waals surface area contributed by atoms with Crippen molar-refractivity contribution in [2.75, 3.05) is 0 Å². The summed E-state index contributed by atoms with van der Waals surface area (Å²) >= 11 is 0. The minimum Gasteiger partial charge on any atom is -0.393 e. The van der Waals surface area contributed by atoms with Crippen LogP contribution in [-0.4, -0.2) is 32.2 Å². The maximum atomic E-state index is 13.7. The van der Waals surface area contributed by atoms with E-state index in [9.17, 15) is 18.7 Å². The van der Waals surface area contributed by atoms with Crippen molar-refractivity contribution in [3.8, 4) is 0 Å². The third kappa shape index (κ3) is 2.41. The number of nitrogens with one attached hydrogen (secondary N) is 1. The zero-order chi connectivity index (χ0) is 21.0. The van der Waals surface area contributed by atoms with Gasteiger partial charge in [0.15, 0.2) is 11.6 Å². The van der Waals surface area contributed by atoms with Crippen molar-refractivity contribution in [2.45, 2.75) is 63.6 Å². The van der Waals surface area contributed by atoms with Crippen LogP contribution in [0.2, 0.25) is 0 Å². The van der Waals surface area contributed by atoms with Gasteiger partial charge in [0.2, 0.25) is 5.91 Å². The maximum Gasteiger partial charge on any atom is 0.223 e. The molecule has 2 bridgehead atoms. The van der Waals surface area contributed by atoms with E-state index >= 15 is 0 Å². The molecule has 1 aromatic carbocycles. The van der Waals surface area contributed by atoms with Gasteiger partial charge in [0.1, 0.15) is 0 Å². The van der Waals surface area contributed by atoms with Crippen molar-refractivity contribution < 1.29 is 18.7 Å². The van der Waals surface area contributed by atoms with E-state index in [4.69, 9.17) is 0 Å². The van der Waals surface area contributed by atoms with Gasteiger partial charge in [-0.15, -0.1) is 0 Å². The molecule has 5 aliphatic carbocycles. The lowest BCUT2D eigenvalue weighted by Crippen LogP contribution is -2.77. The molecule has 5 fully saturated rings. The molecule has 2 aromatic rings. The number of fused-ring (bicyclic) bond motifs is 2. The first-order valence-electron chi connectivity index (χ1n) is 11.0. The minimum absolute atomic E-state index is 0.0106. The summed E-state index contributed by atoms with van der Waals surface area (Å²) in [6, 6.07) is 2.61. The molecule has 2 unspecified atom stereocenters. The summed E-state index contributed by atoms with van der Waals surface area (Å²) in [7, 11) is 0. The Morgan fingerprint density at radius 1 is 1.20 bits per heavy atom. The topological polar surface area (TPSA) is 67.2 Å². The third-order valence-corrected chi connectivity index (χ3v) is 8.83. The number of rotatable bonds is 5. The summed E-state index contributed by atoms with van der Waals surface area (Å²) in [5, 5.41) is 13.2. The van der Waals surface area contributed by atoms with Gasteiger partial charge in [-0.3, -0.25) is 4.79 Å². The van der Waals surface area contributed by atoms with Crippen LogP contribution >= 0.6 is 0 Å². The molecule has 0 saturated heterocycles. The summed E-state index contributed by atoms with van der Waals surface area (Å²) < 4.78 is 29.1. The number of hydrogen-bond donors (Lipinski definition) is 2. The predicted octanol–water partition coefficient (Wildman–Crippen LogP) is 3.57. The SMILES string of the molecule is CC(C(=O)NC12CC(C(C)O)(C1)C2)[C@H]1[C@@H]2C[C@@H](n3cnc4cc(F)c(F)cc43)C[C@@H]21. The molecule has 6 atom stereocenters. The highest BCUT2D eigenvalue weighted by Gasteiger charge is 2.70. The first-order chi connectivity index (χ1) is 14.2. The highest BCUT2D eigenvalue weighted by Crippen LogP contribution is 2.69. The van der Waals surface area contributed by atoms with Crippen LogP contribution in [0.3, 0.4) is 0 Å². The van der Waals surface area contributed by atoms with Crippen molar-refractivity contribution in [3.63, 3.8) is 0 Å². The van der Waals surface area contributed by atoms with Crippen molar-refractivity contribution in [1.29, 1.82) is 0 Å². The monoisotopic (exact) mass is 415 g/mol. The molecule has 2 N–H and O–H groups in total. The Kier molecular flexibility index (Phi) is 3.63. The number of aliphatic hydroxyl groups is 1. The van der Waals surface area contributed by atoms with E-state index in [-0.39, 0.29) is 34.9 Å². The number of carbonyl (C=O) groups is 1. The molecule has 1 aromatic heterocycles. The summed E-state index contributed by atoms with van der Waals surface area (Å²) in [6.07, 6.45) is 6.01. The molecule has 1 amide bonds. The number of imidazole rings is 1. The van der Waals surface area contributed by atoms with E-state index < -0.39 is 11.6 Å². The molecule has 0 spiro atoms. The fourth-order valence-corrected chi connectivity index (χ4v) is 7.14. The molecule has 160 valence electrons. The number of halogens is 2. The van der Waals surface area contributed by atoms with Gasteiger partial charge in [-0.25, -0.2) is 13.8 Å². The number of benzene rings is 1. The van der Waals surface area contributed by atoms with Gasteiger partial charge in [-0.1, -0.05) is 6.92 Å². The van der Waals surface area contributed by atoms with Gasteiger partial charge in [0.05, 0.1) is 23.5 Å². The number of aromatic nitrogens is 2. The zero-order valence-corrected chi connectivity index (χ0v) is 17.2.